The van der Waals surface area contributed by atoms with Gasteiger partial charge in [-0.3, -0.25) is 9.48 Å². The second-order valence-electron chi connectivity index (χ2n) is 8.38. The van der Waals surface area contributed by atoms with Crippen molar-refractivity contribution in [1.29, 1.82) is 0 Å². The average Bonchev–Trinajstić information content (AvgIpc) is 3.45. The predicted molar refractivity (Wildman–Crippen MR) is 112 cm³/mol. The highest BCUT2D eigenvalue weighted by Crippen LogP contribution is 2.32. The van der Waals surface area contributed by atoms with Crippen LogP contribution in [0.15, 0.2) is 30.6 Å². The number of hydrogen-bond acceptors (Lipinski definition) is 5. The van der Waals surface area contributed by atoms with Gasteiger partial charge < -0.3 is 9.64 Å². The average molecular weight is 433 g/mol. The largest absolute Gasteiger partial charge is 0.491 e. The second kappa shape index (κ2) is 8.03. The fourth-order valence-corrected chi connectivity index (χ4v) is 4.95. The number of hydrogen-bond donors (Lipinski definition) is 0. The number of amides is 1. The van der Waals surface area contributed by atoms with Gasteiger partial charge in [0.15, 0.2) is 0 Å². The van der Waals surface area contributed by atoms with Crippen LogP contribution in [0.2, 0.25) is 0 Å². The van der Waals surface area contributed by atoms with Crippen molar-refractivity contribution >= 4 is 15.9 Å². The Morgan fingerprint density at radius 2 is 2.10 bits per heavy atom. The molecule has 0 unspecified atom stereocenters. The molecular weight excluding hydrogens is 404 g/mol. The minimum Gasteiger partial charge on any atom is -0.491 e. The van der Waals surface area contributed by atoms with Gasteiger partial charge in [0.2, 0.25) is 15.9 Å². The minimum atomic E-state index is -3.27. The lowest BCUT2D eigenvalue weighted by molar-refractivity contribution is -0.135. The van der Waals surface area contributed by atoms with Crippen LogP contribution in [0.4, 0.5) is 0 Å². The molecule has 0 N–H and O–H groups in total. The highest BCUT2D eigenvalue weighted by molar-refractivity contribution is 7.88. The van der Waals surface area contributed by atoms with Crippen molar-refractivity contribution in [3.8, 4) is 5.75 Å². The van der Waals surface area contributed by atoms with E-state index in [0.29, 0.717) is 19.7 Å². The Hall–Kier alpha value is -2.39. The van der Waals surface area contributed by atoms with Crippen LogP contribution in [-0.2, 0) is 34.5 Å². The molecule has 2 aliphatic rings. The van der Waals surface area contributed by atoms with Crippen LogP contribution in [-0.4, -0.2) is 58.3 Å². The van der Waals surface area contributed by atoms with Gasteiger partial charge >= 0.3 is 0 Å². The summed E-state index contributed by atoms with van der Waals surface area (Å²) in [6.45, 7) is 5.26. The van der Waals surface area contributed by atoms with Crippen LogP contribution in [0.1, 0.15) is 36.5 Å². The molecule has 0 spiro atoms. The summed E-state index contributed by atoms with van der Waals surface area (Å²) in [7, 11) is -3.27. The van der Waals surface area contributed by atoms with E-state index in [9.17, 15) is 13.2 Å². The number of nitrogens with zero attached hydrogens (tertiary/aromatic N) is 4. The van der Waals surface area contributed by atoms with Gasteiger partial charge in [0.25, 0.3) is 0 Å². The number of fused-ring (bicyclic) bond motifs is 1. The lowest BCUT2D eigenvalue weighted by atomic mass is 10.1. The van der Waals surface area contributed by atoms with Crippen molar-refractivity contribution in [2.75, 3.05) is 12.9 Å². The van der Waals surface area contributed by atoms with Crippen LogP contribution in [0.25, 0.3) is 0 Å². The number of aryl methyl sites for hydroxylation is 1. The van der Waals surface area contributed by atoms with Crippen molar-refractivity contribution < 1.29 is 17.9 Å². The predicted octanol–water partition coefficient (Wildman–Crippen LogP) is 1.93. The van der Waals surface area contributed by atoms with Crippen molar-refractivity contribution in [1.82, 2.24) is 19.0 Å². The van der Waals surface area contributed by atoms with Crippen LogP contribution in [0.3, 0.4) is 0 Å². The first-order valence-corrected chi connectivity index (χ1v) is 12.1. The van der Waals surface area contributed by atoms with Gasteiger partial charge in [0.05, 0.1) is 18.5 Å². The van der Waals surface area contributed by atoms with Gasteiger partial charge in [-0.25, -0.2) is 8.42 Å². The van der Waals surface area contributed by atoms with E-state index in [1.165, 1.54) is 6.26 Å². The molecule has 0 bridgehead atoms. The number of carbonyl (C=O) groups excluding carboxylic acids is 1. The number of ether oxygens (including phenoxy) is 1. The monoisotopic (exact) mass is 432 g/mol. The summed E-state index contributed by atoms with van der Waals surface area (Å²) in [4.78, 5) is 14.8. The Labute approximate surface area is 177 Å². The fourth-order valence-electron chi connectivity index (χ4n) is 3.81. The maximum Gasteiger partial charge on any atom is 0.244 e. The smallest absolute Gasteiger partial charge is 0.244 e. The Balaban J connectivity index is 1.54. The molecule has 1 aromatic carbocycles. The third-order valence-electron chi connectivity index (χ3n) is 5.58. The molecule has 2 aromatic rings. The topological polar surface area (TPSA) is 84.7 Å². The molecule has 0 radical (unpaired) electrons. The maximum absolute atomic E-state index is 13.0. The van der Waals surface area contributed by atoms with Gasteiger partial charge in [-0.2, -0.15) is 9.40 Å². The zero-order chi connectivity index (χ0) is 21.5. The molecule has 1 saturated carbocycles. The quantitative estimate of drug-likeness (QED) is 0.696. The number of rotatable bonds is 6. The van der Waals surface area contributed by atoms with Gasteiger partial charge in [0, 0.05) is 30.9 Å². The minimum absolute atomic E-state index is 0.0248. The van der Waals surface area contributed by atoms with E-state index in [1.807, 2.05) is 43.1 Å². The summed E-state index contributed by atoms with van der Waals surface area (Å²) in [5.74, 6) is 0.719. The number of sulfonamides is 1. The zero-order valence-electron chi connectivity index (χ0n) is 17.6. The van der Waals surface area contributed by atoms with Crippen molar-refractivity contribution in [3.05, 3.63) is 47.3 Å². The summed E-state index contributed by atoms with van der Waals surface area (Å²) in [6.07, 6.45) is 6.66. The van der Waals surface area contributed by atoms with Crippen LogP contribution in [0.5, 0.6) is 5.75 Å². The van der Waals surface area contributed by atoms with Crippen molar-refractivity contribution in [2.45, 2.75) is 58.4 Å². The van der Waals surface area contributed by atoms with E-state index in [1.54, 1.807) is 15.2 Å². The van der Waals surface area contributed by atoms with E-state index in [0.717, 1.165) is 35.3 Å². The standard InChI is InChI=1S/C21H28N4O4S/c1-15-9-22-23(10-15)13-21(26)24-12-18-8-17(4-7-20(18)29-14-16(24)2)11-25(19-5-6-19)30(3,27)28/h4,7-10,16,19H,5-6,11-14H2,1-3H3/t16-/m0/s1. The molecule has 1 aliphatic heterocycles. The lowest BCUT2D eigenvalue weighted by Gasteiger charge is -2.26. The summed E-state index contributed by atoms with van der Waals surface area (Å²) < 4.78 is 33.5. The number of aromatic nitrogens is 2. The molecule has 1 aromatic heterocycles. The van der Waals surface area contributed by atoms with Gasteiger partial charge in [-0.05, 0) is 49.9 Å². The number of carbonyl (C=O) groups is 1. The highest BCUT2D eigenvalue weighted by Gasteiger charge is 2.35. The second-order valence-corrected chi connectivity index (χ2v) is 10.3. The van der Waals surface area contributed by atoms with Crippen LogP contribution >= 0.6 is 0 Å². The summed E-state index contributed by atoms with van der Waals surface area (Å²) in [6, 6.07) is 5.78. The molecular formula is C21H28N4O4S. The van der Waals surface area contributed by atoms with Gasteiger partial charge in [-0.15, -0.1) is 0 Å². The maximum atomic E-state index is 13.0. The molecule has 9 heteroatoms. The van der Waals surface area contributed by atoms with E-state index in [4.69, 9.17) is 4.74 Å². The molecule has 2 heterocycles. The van der Waals surface area contributed by atoms with Gasteiger partial charge in [-0.1, -0.05) is 6.07 Å². The first-order chi connectivity index (χ1) is 14.2. The Morgan fingerprint density at radius 3 is 2.73 bits per heavy atom. The third-order valence-corrected chi connectivity index (χ3v) is 6.86. The molecule has 0 saturated heterocycles. The van der Waals surface area contributed by atoms with Crippen LogP contribution in [0, 0.1) is 6.92 Å². The molecule has 1 atom stereocenters. The molecule has 4 rings (SSSR count). The first-order valence-electron chi connectivity index (χ1n) is 10.2. The van der Waals surface area contributed by atoms with Crippen molar-refractivity contribution in [3.63, 3.8) is 0 Å². The number of benzene rings is 1. The Morgan fingerprint density at radius 1 is 1.33 bits per heavy atom. The van der Waals surface area contributed by atoms with Crippen molar-refractivity contribution in [2.24, 2.45) is 0 Å². The SMILES string of the molecule is Cc1cnn(CC(=O)N2Cc3cc(CN(C4CC4)S(C)(=O)=O)ccc3OC[C@@H]2C)c1. The highest BCUT2D eigenvalue weighted by atomic mass is 32.2. The van der Waals surface area contributed by atoms with Gasteiger partial charge in [0.1, 0.15) is 18.9 Å². The van der Waals surface area contributed by atoms with E-state index in [-0.39, 0.29) is 24.5 Å². The lowest BCUT2D eigenvalue weighted by Crippen LogP contribution is -2.41. The van der Waals surface area contributed by atoms with Crippen LogP contribution < -0.4 is 4.74 Å². The molecule has 1 fully saturated rings. The van der Waals surface area contributed by atoms with E-state index in [2.05, 4.69) is 5.10 Å². The van der Waals surface area contributed by atoms with E-state index >= 15 is 0 Å². The third kappa shape index (κ3) is 4.67. The summed E-state index contributed by atoms with van der Waals surface area (Å²) in [5, 5.41) is 4.21. The van der Waals surface area contributed by atoms with E-state index < -0.39 is 10.0 Å². The molecule has 8 nitrogen and oxygen atoms in total. The zero-order valence-corrected chi connectivity index (χ0v) is 18.4. The normalized spacial score (nSPS) is 19.3. The Bertz CT molecular complexity index is 1050. The molecule has 1 amide bonds. The first kappa shape index (κ1) is 20.9. The molecule has 1 aliphatic carbocycles. The fraction of sp³-hybridized carbons (Fsp3) is 0.524. The molecule has 162 valence electrons. The Kier molecular flexibility index (Phi) is 5.59. The molecule has 30 heavy (non-hydrogen) atoms. The summed E-state index contributed by atoms with van der Waals surface area (Å²) in [5.41, 5.74) is 2.81. The summed E-state index contributed by atoms with van der Waals surface area (Å²) >= 11 is 0.